The minimum absolute atomic E-state index is 0.148. The number of piperidine rings is 1. The van der Waals surface area contributed by atoms with Crippen LogP contribution in [0.15, 0.2) is 12.1 Å². The number of benzene rings is 1. The van der Waals surface area contributed by atoms with Crippen molar-refractivity contribution in [2.45, 2.75) is 57.2 Å². The second kappa shape index (κ2) is 4.97. The van der Waals surface area contributed by atoms with Gasteiger partial charge in [-0.05, 0) is 45.4 Å². The van der Waals surface area contributed by atoms with Crippen LogP contribution in [0.3, 0.4) is 0 Å². The summed E-state index contributed by atoms with van der Waals surface area (Å²) in [5.74, 6) is 1.84. The lowest BCUT2D eigenvalue weighted by atomic mass is 9.81. The molecule has 4 rings (SSSR count). The second-order valence-corrected chi connectivity index (χ2v) is 8.01. The summed E-state index contributed by atoms with van der Waals surface area (Å²) in [7, 11) is 2.12. The van der Waals surface area contributed by atoms with Gasteiger partial charge in [0.15, 0.2) is 5.78 Å². The van der Waals surface area contributed by atoms with E-state index in [-0.39, 0.29) is 17.0 Å². The Hall–Kier alpha value is -1.55. The molecule has 23 heavy (non-hydrogen) atoms. The SMILES string of the molecule is CN1CCC2(CC1)CC(=O)c1cc3c(cc1O2)OC(C)(C)CC3. The number of carbonyl (C=O) groups excluding carboxylic acids is 1. The average Bonchev–Trinajstić information content (AvgIpc) is 2.48. The Morgan fingerprint density at radius 2 is 1.78 bits per heavy atom. The van der Waals surface area contributed by atoms with Crippen LogP contribution in [0.2, 0.25) is 0 Å². The van der Waals surface area contributed by atoms with Crippen molar-refractivity contribution in [3.05, 3.63) is 23.3 Å². The monoisotopic (exact) mass is 315 g/mol. The van der Waals surface area contributed by atoms with Crippen molar-refractivity contribution in [3.8, 4) is 11.5 Å². The molecule has 0 N–H and O–H groups in total. The maximum Gasteiger partial charge on any atom is 0.170 e. The third-order valence-corrected chi connectivity index (χ3v) is 5.55. The van der Waals surface area contributed by atoms with E-state index in [9.17, 15) is 4.79 Å². The molecule has 3 aliphatic heterocycles. The Labute approximate surface area is 137 Å². The standard InChI is InChI=1S/C19H25NO3/c1-18(2)5-4-13-10-14-15(21)12-19(6-8-20(3)9-7-19)23-17(14)11-16(13)22-18/h10-11H,4-9,12H2,1-3H3. The van der Waals surface area contributed by atoms with Gasteiger partial charge in [0.25, 0.3) is 0 Å². The van der Waals surface area contributed by atoms with E-state index in [4.69, 9.17) is 9.47 Å². The Bertz CT molecular complexity index is 657. The van der Waals surface area contributed by atoms with Gasteiger partial charge in [0.1, 0.15) is 22.7 Å². The minimum atomic E-state index is -0.311. The number of nitrogens with zero attached hydrogens (tertiary/aromatic N) is 1. The normalized spacial score (nSPS) is 25.3. The lowest BCUT2D eigenvalue weighted by molar-refractivity contribution is -0.00430. The van der Waals surface area contributed by atoms with Crippen molar-refractivity contribution in [2.75, 3.05) is 20.1 Å². The highest BCUT2D eigenvalue weighted by molar-refractivity contribution is 6.00. The molecule has 1 spiro atoms. The Balaban J connectivity index is 1.69. The van der Waals surface area contributed by atoms with Gasteiger partial charge >= 0.3 is 0 Å². The first-order valence-corrected chi connectivity index (χ1v) is 8.63. The first kappa shape index (κ1) is 15.0. The molecule has 0 atom stereocenters. The summed E-state index contributed by atoms with van der Waals surface area (Å²) in [6.07, 6.45) is 4.28. The highest BCUT2D eigenvalue weighted by Crippen LogP contribution is 2.44. The van der Waals surface area contributed by atoms with E-state index in [2.05, 4.69) is 25.8 Å². The molecule has 0 aromatic heterocycles. The fourth-order valence-corrected chi connectivity index (χ4v) is 3.95. The van der Waals surface area contributed by atoms with Crippen LogP contribution in [0.5, 0.6) is 11.5 Å². The van der Waals surface area contributed by atoms with Crippen molar-refractivity contribution in [2.24, 2.45) is 0 Å². The van der Waals surface area contributed by atoms with Crippen LogP contribution in [0, 0.1) is 0 Å². The van der Waals surface area contributed by atoms with Crippen LogP contribution in [0.1, 0.15) is 55.5 Å². The summed E-state index contributed by atoms with van der Waals surface area (Å²) in [5, 5.41) is 0. The maximum atomic E-state index is 12.7. The molecule has 4 nitrogen and oxygen atoms in total. The molecule has 3 heterocycles. The van der Waals surface area contributed by atoms with E-state index < -0.39 is 0 Å². The largest absolute Gasteiger partial charge is 0.487 e. The Kier molecular flexibility index (Phi) is 3.24. The molecule has 0 amide bonds. The van der Waals surface area contributed by atoms with Crippen molar-refractivity contribution >= 4 is 5.78 Å². The number of hydrogen-bond donors (Lipinski definition) is 0. The number of ketones is 1. The number of carbonyl (C=O) groups is 1. The van der Waals surface area contributed by atoms with E-state index >= 15 is 0 Å². The van der Waals surface area contributed by atoms with Crippen LogP contribution >= 0.6 is 0 Å². The molecule has 0 aliphatic carbocycles. The van der Waals surface area contributed by atoms with Crippen LogP contribution < -0.4 is 9.47 Å². The number of aryl methyl sites for hydroxylation is 1. The molecule has 0 radical (unpaired) electrons. The Morgan fingerprint density at radius 3 is 2.52 bits per heavy atom. The summed E-state index contributed by atoms with van der Waals surface area (Å²) in [5.41, 5.74) is 1.43. The Morgan fingerprint density at radius 1 is 1.04 bits per heavy atom. The summed E-state index contributed by atoms with van der Waals surface area (Å²) in [6.45, 7) is 6.19. The predicted molar refractivity (Wildman–Crippen MR) is 88.5 cm³/mol. The fourth-order valence-electron chi connectivity index (χ4n) is 3.95. The number of likely N-dealkylation sites (tertiary alicyclic amines) is 1. The summed E-state index contributed by atoms with van der Waals surface area (Å²) < 4.78 is 12.5. The van der Waals surface area contributed by atoms with Gasteiger partial charge in [-0.3, -0.25) is 4.79 Å². The molecule has 0 saturated carbocycles. The van der Waals surface area contributed by atoms with Gasteiger partial charge in [-0.1, -0.05) is 0 Å². The van der Waals surface area contributed by atoms with Crippen LogP contribution in [0.25, 0.3) is 0 Å². The molecular formula is C19H25NO3. The van der Waals surface area contributed by atoms with Gasteiger partial charge < -0.3 is 14.4 Å². The van der Waals surface area contributed by atoms with E-state index in [0.29, 0.717) is 6.42 Å². The van der Waals surface area contributed by atoms with Crippen molar-refractivity contribution < 1.29 is 14.3 Å². The van der Waals surface area contributed by atoms with Crippen LogP contribution in [0.4, 0.5) is 0 Å². The van der Waals surface area contributed by atoms with Crippen molar-refractivity contribution in [1.29, 1.82) is 0 Å². The van der Waals surface area contributed by atoms with Gasteiger partial charge in [-0.2, -0.15) is 0 Å². The number of ether oxygens (including phenoxy) is 2. The third kappa shape index (κ3) is 2.63. The number of rotatable bonds is 0. The molecule has 4 heteroatoms. The van der Waals surface area contributed by atoms with E-state index in [1.807, 2.05) is 12.1 Å². The number of Topliss-reactive ketones (excluding diaryl/α,β-unsaturated/α-hetero) is 1. The van der Waals surface area contributed by atoms with E-state index in [1.54, 1.807) is 0 Å². The zero-order chi connectivity index (χ0) is 16.2. The fraction of sp³-hybridized carbons (Fsp3) is 0.632. The van der Waals surface area contributed by atoms with Crippen molar-refractivity contribution in [3.63, 3.8) is 0 Å². The van der Waals surface area contributed by atoms with E-state index in [1.165, 1.54) is 0 Å². The molecule has 1 aromatic carbocycles. The zero-order valence-electron chi connectivity index (χ0n) is 14.3. The lowest BCUT2D eigenvalue weighted by Gasteiger charge is -2.43. The average molecular weight is 315 g/mol. The smallest absolute Gasteiger partial charge is 0.170 e. The summed E-state index contributed by atoms with van der Waals surface area (Å²) in [4.78, 5) is 15.0. The van der Waals surface area contributed by atoms with E-state index in [0.717, 1.165) is 61.4 Å². The van der Waals surface area contributed by atoms with Gasteiger partial charge in [-0.25, -0.2) is 0 Å². The van der Waals surface area contributed by atoms with Crippen LogP contribution in [-0.2, 0) is 6.42 Å². The highest BCUT2D eigenvalue weighted by atomic mass is 16.5. The minimum Gasteiger partial charge on any atom is -0.487 e. The third-order valence-electron chi connectivity index (χ3n) is 5.55. The molecule has 1 aromatic rings. The maximum absolute atomic E-state index is 12.7. The zero-order valence-corrected chi connectivity index (χ0v) is 14.3. The number of fused-ring (bicyclic) bond motifs is 2. The topological polar surface area (TPSA) is 38.8 Å². The molecular weight excluding hydrogens is 290 g/mol. The van der Waals surface area contributed by atoms with Gasteiger partial charge in [-0.15, -0.1) is 0 Å². The van der Waals surface area contributed by atoms with Gasteiger partial charge in [0, 0.05) is 32.0 Å². The molecule has 0 unspecified atom stereocenters. The van der Waals surface area contributed by atoms with Crippen LogP contribution in [-0.4, -0.2) is 42.0 Å². The molecule has 124 valence electrons. The van der Waals surface area contributed by atoms with Gasteiger partial charge in [0.05, 0.1) is 12.0 Å². The second-order valence-electron chi connectivity index (χ2n) is 8.01. The molecule has 1 saturated heterocycles. The first-order chi connectivity index (χ1) is 10.9. The molecule has 1 fully saturated rings. The first-order valence-electron chi connectivity index (χ1n) is 8.63. The highest BCUT2D eigenvalue weighted by Gasteiger charge is 2.43. The number of hydrogen-bond acceptors (Lipinski definition) is 4. The quantitative estimate of drug-likeness (QED) is 0.737. The van der Waals surface area contributed by atoms with Gasteiger partial charge in [0.2, 0.25) is 0 Å². The lowest BCUT2D eigenvalue weighted by Crippen LogP contribution is -2.50. The molecule has 0 bridgehead atoms. The summed E-state index contributed by atoms with van der Waals surface area (Å²) in [6, 6.07) is 3.97. The molecule has 3 aliphatic rings. The summed E-state index contributed by atoms with van der Waals surface area (Å²) >= 11 is 0. The predicted octanol–water partition coefficient (Wildman–Crippen LogP) is 3.22. The van der Waals surface area contributed by atoms with Crippen molar-refractivity contribution in [1.82, 2.24) is 4.90 Å².